The number of carbonyl (C=O) groups is 1. The first-order chi connectivity index (χ1) is 11.4. The van der Waals surface area contributed by atoms with E-state index in [0.29, 0.717) is 17.4 Å². The first kappa shape index (κ1) is 18.5. The summed E-state index contributed by atoms with van der Waals surface area (Å²) in [6.45, 7) is 8.20. The number of benzene rings is 1. The topological polar surface area (TPSA) is 61.7 Å². The molecule has 1 amide bonds. The largest absolute Gasteiger partial charge is 0.507 e. The van der Waals surface area contributed by atoms with E-state index in [1.165, 1.54) is 19.3 Å². The Morgan fingerprint density at radius 1 is 1.17 bits per heavy atom. The van der Waals surface area contributed by atoms with Gasteiger partial charge in [-0.25, -0.2) is 5.43 Å². The van der Waals surface area contributed by atoms with Crippen LogP contribution in [-0.4, -0.2) is 17.2 Å². The van der Waals surface area contributed by atoms with Crippen LogP contribution >= 0.6 is 0 Å². The second-order valence-electron chi connectivity index (χ2n) is 7.43. The number of nitrogens with one attached hydrogen (secondary N) is 1. The Labute approximate surface area is 145 Å². The fourth-order valence-electron chi connectivity index (χ4n) is 3.17. The van der Waals surface area contributed by atoms with Crippen LogP contribution in [0.15, 0.2) is 17.2 Å². The fraction of sp³-hybridized carbons (Fsp3) is 0.600. The summed E-state index contributed by atoms with van der Waals surface area (Å²) in [5.74, 6) is 0.631. The zero-order chi connectivity index (χ0) is 17.7. The Kier molecular flexibility index (Phi) is 6.41. The monoisotopic (exact) mass is 330 g/mol. The van der Waals surface area contributed by atoms with Crippen LogP contribution in [0.1, 0.15) is 93.1 Å². The van der Waals surface area contributed by atoms with Gasteiger partial charge in [-0.2, -0.15) is 5.10 Å². The molecule has 2 rings (SSSR count). The highest BCUT2D eigenvalue weighted by Crippen LogP contribution is 2.33. The summed E-state index contributed by atoms with van der Waals surface area (Å²) in [4.78, 5) is 12.5. The van der Waals surface area contributed by atoms with Gasteiger partial charge in [0, 0.05) is 6.21 Å². The maximum atomic E-state index is 12.5. The zero-order valence-corrected chi connectivity index (χ0v) is 15.3. The Morgan fingerprint density at radius 2 is 1.83 bits per heavy atom. The molecule has 0 atom stereocenters. The van der Waals surface area contributed by atoms with E-state index in [-0.39, 0.29) is 17.6 Å². The number of hydrogen-bond acceptors (Lipinski definition) is 3. The normalized spacial score (nSPS) is 16.2. The van der Waals surface area contributed by atoms with Gasteiger partial charge in [-0.3, -0.25) is 4.79 Å². The van der Waals surface area contributed by atoms with Gasteiger partial charge in [-0.05, 0) is 47.8 Å². The van der Waals surface area contributed by atoms with Gasteiger partial charge < -0.3 is 5.11 Å². The molecular weight excluding hydrogens is 300 g/mol. The van der Waals surface area contributed by atoms with Crippen LogP contribution in [0, 0.1) is 5.92 Å². The maximum Gasteiger partial charge on any atom is 0.275 e. The lowest BCUT2D eigenvalue weighted by Crippen LogP contribution is -2.20. The number of hydrazone groups is 1. The van der Waals surface area contributed by atoms with E-state index in [1.54, 1.807) is 6.07 Å². The van der Waals surface area contributed by atoms with Crippen LogP contribution in [0.3, 0.4) is 0 Å². The van der Waals surface area contributed by atoms with Crippen molar-refractivity contribution in [3.05, 3.63) is 28.8 Å². The van der Waals surface area contributed by atoms with Crippen molar-refractivity contribution in [2.75, 3.05) is 0 Å². The first-order valence-electron chi connectivity index (χ1n) is 9.10. The first-order valence-corrected chi connectivity index (χ1v) is 9.10. The Hall–Kier alpha value is -1.84. The molecule has 0 bridgehead atoms. The summed E-state index contributed by atoms with van der Waals surface area (Å²) in [5.41, 5.74) is 4.76. The summed E-state index contributed by atoms with van der Waals surface area (Å²) in [6.07, 6.45) is 7.91. The molecule has 0 aromatic heterocycles. The minimum Gasteiger partial charge on any atom is -0.507 e. The molecule has 1 aliphatic carbocycles. The molecule has 0 radical (unpaired) electrons. The molecule has 1 aliphatic rings. The maximum absolute atomic E-state index is 12.5. The van der Waals surface area contributed by atoms with E-state index < -0.39 is 0 Å². The molecule has 4 nitrogen and oxygen atoms in total. The third kappa shape index (κ3) is 4.59. The minimum absolute atomic E-state index is 0.0692. The number of carbonyl (C=O) groups excluding carboxylic acids is 1. The summed E-state index contributed by atoms with van der Waals surface area (Å²) in [7, 11) is 0. The molecule has 0 saturated heterocycles. The smallest absolute Gasteiger partial charge is 0.275 e. The molecule has 0 aliphatic heterocycles. The van der Waals surface area contributed by atoms with Crippen LogP contribution in [-0.2, 0) is 0 Å². The van der Waals surface area contributed by atoms with Crippen LogP contribution < -0.4 is 5.43 Å². The number of phenols is 1. The average molecular weight is 330 g/mol. The third-order valence-corrected chi connectivity index (χ3v) is 4.80. The Balaban J connectivity index is 2.16. The van der Waals surface area contributed by atoms with Crippen molar-refractivity contribution in [3.63, 3.8) is 0 Å². The summed E-state index contributed by atoms with van der Waals surface area (Å²) in [6, 6.07) is 3.77. The Morgan fingerprint density at radius 3 is 2.42 bits per heavy atom. The average Bonchev–Trinajstić information content (AvgIpc) is 2.55. The number of amides is 1. The zero-order valence-electron chi connectivity index (χ0n) is 15.3. The van der Waals surface area contributed by atoms with Crippen molar-refractivity contribution in [1.29, 1.82) is 0 Å². The van der Waals surface area contributed by atoms with E-state index in [2.05, 4.69) is 24.4 Å². The SMILES string of the molecule is CC(C)c1cc(C(=O)N/N=C/C2CCCCC2)c(O)c(C(C)C)c1. The van der Waals surface area contributed by atoms with E-state index in [9.17, 15) is 9.90 Å². The molecule has 4 heteroatoms. The van der Waals surface area contributed by atoms with Gasteiger partial charge in [0.1, 0.15) is 5.75 Å². The van der Waals surface area contributed by atoms with E-state index in [4.69, 9.17) is 0 Å². The highest BCUT2D eigenvalue weighted by molar-refractivity contribution is 5.97. The summed E-state index contributed by atoms with van der Waals surface area (Å²) < 4.78 is 0. The Bertz CT molecular complexity index is 600. The molecule has 24 heavy (non-hydrogen) atoms. The number of phenolic OH excluding ortho intramolecular Hbond substituents is 1. The molecule has 0 heterocycles. The van der Waals surface area contributed by atoms with Crippen molar-refractivity contribution in [3.8, 4) is 5.75 Å². The number of hydrogen-bond donors (Lipinski definition) is 2. The van der Waals surface area contributed by atoms with Crippen molar-refractivity contribution in [2.45, 2.75) is 71.6 Å². The van der Waals surface area contributed by atoms with Crippen LogP contribution in [0.2, 0.25) is 0 Å². The van der Waals surface area contributed by atoms with Crippen molar-refractivity contribution in [1.82, 2.24) is 5.43 Å². The summed E-state index contributed by atoms with van der Waals surface area (Å²) >= 11 is 0. The molecule has 0 spiro atoms. The number of rotatable bonds is 5. The lowest BCUT2D eigenvalue weighted by atomic mass is 9.90. The molecule has 1 fully saturated rings. The van der Waals surface area contributed by atoms with Gasteiger partial charge in [-0.15, -0.1) is 0 Å². The predicted octanol–water partition coefficient (Wildman–Crippen LogP) is 4.93. The second-order valence-corrected chi connectivity index (χ2v) is 7.43. The number of nitrogens with zero attached hydrogens (tertiary/aromatic N) is 1. The quantitative estimate of drug-likeness (QED) is 0.593. The van der Waals surface area contributed by atoms with Crippen LogP contribution in [0.4, 0.5) is 0 Å². The van der Waals surface area contributed by atoms with Gasteiger partial charge in [0.2, 0.25) is 0 Å². The van der Waals surface area contributed by atoms with E-state index in [0.717, 1.165) is 24.0 Å². The standard InChI is InChI=1S/C20H30N2O2/c1-13(2)16-10-17(14(3)4)19(23)18(11-16)20(24)22-21-12-15-8-6-5-7-9-15/h10-15,23H,5-9H2,1-4H3,(H,22,24)/b21-12+. The molecule has 0 unspecified atom stereocenters. The van der Waals surface area contributed by atoms with Gasteiger partial charge in [-0.1, -0.05) is 53.0 Å². The van der Waals surface area contributed by atoms with E-state index >= 15 is 0 Å². The molecule has 1 aromatic rings. The van der Waals surface area contributed by atoms with Crippen molar-refractivity contribution >= 4 is 12.1 Å². The highest BCUT2D eigenvalue weighted by atomic mass is 16.3. The van der Waals surface area contributed by atoms with E-state index in [1.807, 2.05) is 26.1 Å². The minimum atomic E-state index is -0.344. The third-order valence-electron chi connectivity index (χ3n) is 4.80. The lowest BCUT2D eigenvalue weighted by molar-refractivity contribution is 0.0952. The molecule has 2 N–H and O–H groups in total. The van der Waals surface area contributed by atoms with Crippen molar-refractivity contribution in [2.24, 2.45) is 11.0 Å². The van der Waals surface area contributed by atoms with Crippen LogP contribution in [0.25, 0.3) is 0 Å². The van der Waals surface area contributed by atoms with Gasteiger partial charge in [0.25, 0.3) is 5.91 Å². The molecular formula is C20H30N2O2. The van der Waals surface area contributed by atoms with Crippen molar-refractivity contribution < 1.29 is 9.90 Å². The van der Waals surface area contributed by atoms with Gasteiger partial charge >= 0.3 is 0 Å². The molecule has 132 valence electrons. The fourth-order valence-corrected chi connectivity index (χ4v) is 3.17. The lowest BCUT2D eigenvalue weighted by Gasteiger charge is -2.17. The number of aromatic hydroxyl groups is 1. The molecule has 1 aromatic carbocycles. The predicted molar refractivity (Wildman–Crippen MR) is 98.8 cm³/mol. The highest BCUT2D eigenvalue weighted by Gasteiger charge is 2.19. The van der Waals surface area contributed by atoms with Gasteiger partial charge in [0.05, 0.1) is 5.56 Å². The molecule has 1 saturated carbocycles. The summed E-state index contributed by atoms with van der Waals surface area (Å²) in [5, 5.41) is 14.6. The second kappa shape index (κ2) is 8.32. The van der Waals surface area contributed by atoms with Gasteiger partial charge in [0.15, 0.2) is 0 Å². The van der Waals surface area contributed by atoms with Crippen LogP contribution in [0.5, 0.6) is 5.75 Å².